The topological polar surface area (TPSA) is 33.0 Å². The molecule has 0 bridgehead atoms. The smallest absolute Gasteiger partial charge is 0.241 e. The largest absolute Gasteiger partial charge is 0.312 e. The first-order chi connectivity index (χ1) is 5.92. The Morgan fingerprint density at radius 2 is 2.42 bits per heavy atom. The van der Waals surface area contributed by atoms with Crippen molar-refractivity contribution < 1.29 is 0 Å². The predicted molar refractivity (Wildman–Crippen MR) is 46.4 cm³/mol. The van der Waals surface area contributed by atoms with Crippen molar-refractivity contribution in [2.75, 3.05) is 0 Å². The maximum absolute atomic E-state index is 6.76. The standard InChI is InChI=1S/C9H7N3/c1-10-5-7-3-2-4-8-6-11-12-9(7)8/h2-4,6H,5H2,(H,11,12). The van der Waals surface area contributed by atoms with E-state index in [2.05, 4.69) is 15.0 Å². The Kier molecular flexibility index (Phi) is 1.52. The highest BCUT2D eigenvalue weighted by Gasteiger charge is 2.02. The number of hydrogen-bond acceptors (Lipinski definition) is 1. The predicted octanol–water partition coefficient (Wildman–Crippen LogP) is 1.98. The van der Waals surface area contributed by atoms with Crippen LogP contribution < -0.4 is 0 Å². The average molecular weight is 157 g/mol. The third-order valence-corrected chi connectivity index (χ3v) is 1.81. The third-order valence-electron chi connectivity index (χ3n) is 1.81. The molecule has 1 N–H and O–H groups in total. The molecule has 58 valence electrons. The van der Waals surface area contributed by atoms with Gasteiger partial charge in [0.15, 0.2) is 0 Å². The van der Waals surface area contributed by atoms with E-state index in [1.54, 1.807) is 6.20 Å². The second-order valence-electron chi connectivity index (χ2n) is 2.57. The number of H-pyrrole nitrogens is 1. The molecular weight excluding hydrogens is 150 g/mol. The molecule has 0 spiro atoms. The summed E-state index contributed by atoms with van der Waals surface area (Å²) in [5, 5.41) is 7.86. The number of aromatic nitrogens is 2. The van der Waals surface area contributed by atoms with Crippen molar-refractivity contribution in [2.24, 2.45) is 0 Å². The van der Waals surface area contributed by atoms with Crippen LogP contribution in [0.4, 0.5) is 0 Å². The molecule has 3 nitrogen and oxygen atoms in total. The van der Waals surface area contributed by atoms with E-state index in [0.29, 0.717) is 6.54 Å². The van der Waals surface area contributed by atoms with Crippen LogP contribution in [-0.2, 0) is 6.54 Å². The van der Waals surface area contributed by atoms with Crippen molar-refractivity contribution in [2.45, 2.75) is 6.54 Å². The molecule has 3 heteroatoms. The Balaban J connectivity index is 2.67. The number of aromatic amines is 1. The van der Waals surface area contributed by atoms with E-state index in [0.717, 1.165) is 16.5 Å². The summed E-state index contributed by atoms with van der Waals surface area (Å²) in [5.74, 6) is 0. The Morgan fingerprint density at radius 3 is 3.25 bits per heavy atom. The molecule has 0 unspecified atom stereocenters. The van der Waals surface area contributed by atoms with Gasteiger partial charge in [-0.3, -0.25) is 5.10 Å². The highest BCUT2D eigenvalue weighted by molar-refractivity contribution is 5.81. The van der Waals surface area contributed by atoms with Gasteiger partial charge in [-0.1, -0.05) is 12.1 Å². The average Bonchev–Trinajstić information content (AvgIpc) is 2.53. The van der Waals surface area contributed by atoms with Crippen molar-refractivity contribution in [3.8, 4) is 0 Å². The Labute approximate surface area is 69.8 Å². The molecule has 0 radical (unpaired) electrons. The monoisotopic (exact) mass is 157 g/mol. The normalized spacial score (nSPS) is 9.92. The van der Waals surface area contributed by atoms with Gasteiger partial charge in [0, 0.05) is 5.39 Å². The Bertz CT molecular complexity index is 436. The molecule has 2 rings (SSSR count). The molecule has 0 aliphatic heterocycles. The highest BCUT2D eigenvalue weighted by atomic mass is 15.1. The van der Waals surface area contributed by atoms with Gasteiger partial charge in [-0.25, -0.2) is 6.57 Å². The minimum Gasteiger partial charge on any atom is -0.312 e. The summed E-state index contributed by atoms with van der Waals surface area (Å²) in [6, 6.07) is 5.86. The lowest BCUT2D eigenvalue weighted by Gasteiger charge is -1.92. The third kappa shape index (κ3) is 0.940. The number of rotatable bonds is 1. The van der Waals surface area contributed by atoms with Crippen LogP contribution >= 0.6 is 0 Å². The summed E-state index contributed by atoms with van der Waals surface area (Å²) >= 11 is 0. The number of nitrogens with zero attached hydrogens (tertiary/aromatic N) is 2. The molecule has 0 fully saturated rings. The zero-order valence-corrected chi connectivity index (χ0v) is 6.41. The number of para-hydroxylation sites is 1. The lowest BCUT2D eigenvalue weighted by molar-refractivity contribution is 1.11. The van der Waals surface area contributed by atoms with E-state index in [-0.39, 0.29) is 0 Å². The minimum absolute atomic E-state index is 0.416. The summed E-state index contributed by atoms with van der Waals surface area (Å²) in [4.78, 5) is 3.34. The van der Waals surface area contributed by atoms with Crippen LogP contribution in [0.2, 0.25) is 0 Å². The van der Waals surface area contributed by atoms with Crippen molar-refractivity contribution >= 4 is 10.9 Å². The van der Waals surface area contributed by atoms with Crippen molar-refractivity contribution in [1.82, 2.24) is 10.2 Å². The van der Waals surface area contributed by atoms with E-state index in [9.17, 15) is 0 Å². The van der Waals surface area contributed by atoms with Crippen LogP contribution in [0.1, 0.15) is 5.56 Å². The molecule has 0 saturated heterocycles. The lowest BCUT2D eigenvalue weighted by Crippen LogP contribution is -1.81. The van der Waals surface area contributed by atoms with Crippen LogP contribution in [0.3, 0.4) is 0 Å². The quantitative estimate of drug-likeness (QED) is 0.631. The van der Waals surface area contributed by atoms with Gasteiger partial charge < -0.3 is 4.85 Å². The maximum atomic E-state index is 6.76. The van der Waals surface area contributed by atoms with E-state index in [4.69, 9.17) is 6.57 Å². The lowest BCUT2D eigenvalue weighted by atomic mass is 10.1. The molecule has 0 aliphatic rings. The van der Waals surface area contributed by atoms with E-state index in [1.165, 1.54) is 0 Å². The Hall–Kier alpha value is -1.82. The van der Waals surface area contributed by atoms with Crippen LogP contribution in [0.5, 0.6) is 0 Å². The van der Waals surface area contributed by atoms with Crippen molar-refractivity contribution in [3.05, 3.63) is 41.4 Å². The Morgan fingerprint density at radius 1 is 1.50 bits per heavy atom. The number of fused-ring (bicyclic) bond motifs is 1. The molecule has 1 aromatic carbocycles. The molecule has 1 heterocycles. The molecule has 0 aliphatic carbocycles. The summed E-state index contributed by atoms with van der Waals surface area (Å²) in [6.07, 6.45) is 1.77. The van der Waals surface area contributed by atoms with Crippen molar-refractivity contribution in [3.63, 3.8) is 0 Å². The second kappa shape index (κ2) is 2.67. The van der Waals surface area contributed by atoms with Gasteiger partial charge in [0.05, 0.1) is 17.3 Å². The first kappa shape index (κ1) is 6.86. The number of nitrogens with one attached hydrogen (secondary N) is 1. The van der Waals surface area contributed by atoms with Crippen LogP contribution in [-0.4, -0.2) is 10.2 Å². The summed E-state index contributed by atoms with van der Waals surface area (Å²) in [7, 11) is 0. The first-order valence-electron chi connectivity index (χ1n) is 3.66. The van der Waals surface area contributed by atoms with Gasteiger partial charge in [0.25, 0.3) is 0 Å². The minimum atomic E-state index is 0.416. The van der Waals surface area contributed by atoms with E-state index in [1.807, 2.05) is 18.2 Å². The fourth-order valence-corrected chi connectivity index (χ4v) is 1.25. The van der Waals surface area contributed by atoms with Crippen molar-refractivity contribution in [1.29, 1.82) is 0 Å². The van der Waals surface area contributed by atoms with Gasteiger partial charge in [0.2, 0.25) is 6.54 Å². The van der Waals surface area contributed by atoms with Gasteiger partial charge in [-0.15, -0.1) is 0 Å². The number of hydrogen-bond donors (Lipinski definition) is 1. The molecule has 1 aromatic heterocycles. The van der Waals surface area contributed by atoms with Crippen LogP contribution in [0, 0.1) is 6.57 Å². The summed E-state index contributed by atoms with van der Waals surface area (Å²) in [6.45, 7) is 7.18. The van der Waals surface area contributed by atoms with E-state index >= 15 is 0 Å². The zero-order chi connectivity index (χ0) is 8.39. The first-order valence-corrected chi connectivity index (χ1v) is 3.66. The fourth-order valence-electron chi connectivity index (χ4n) is 1.25. The van der Waals surface area contributed by atoms with Gasteiger partial charge in [-0.2, -0.15) is 5.10 Å². The SMILES string of the molecule is [C-]#[N+]Cc1cccc2cn[nH]c12. The van der Waals surface area contributed by atoms with Crippen LogP contribution in [0.15, 0.2) is 24.4 Å². The zero-order valence-electron chi connectivity index (χ0n) is 6.41. The molecule has 2 aromatic rings. The highest BCUT2D eigenvalue weighted by Crippen LogP contribution is 2.15. The molecular formula is C9H7N3. The molecule has 0 amide bonds. The molecule has 0 saturated carbocycles. The maximum Gasteiger partial charge on any atom is 0.241 e. The summed E-state index contributed by atoms with van der Waals surface area (Å²) in [5.41, 5.74) is 1.99. The van der Waals surface area contributed by atoms with Crippen LogP contribution in [0.25, 0.3) is 15.7 Å². The summed E-state index contributed by atoms with van der Waals surface area (Å²) < 4.78 is 0. The van der Waals surface area contributed by atoms with Gasteiger partial charge >= 0.3 is 0 Å². The number of benzene rings is 1. The van der Waals surface area contributed by atoms with Gasteiger partial charge in [-0.05, 0) is 6.07 Å². The second-order valence-corrected chi connectivity index (χ2v) is 2.57. The molecule has 12 heavy (non-hydrogen) atoms. The fraction of sp³-hybridized carbons (Fsp3) is 0.111. The molecule has 0 atom stereocenters. The van der Waals surface area contributed by atoms with Gasteiger partial charge in [0.1, 0.15) is 0 Å². The van der Waals surface area contributed by atoms with E-state index < -0.39 is 0 Å².